The summed E-state index contributed by atoms with van der Waals surface area (Å²) in [6.45, 7) is -0.662. The molecule has 0 unspecified atom stereocenters. The Kier molecular flexibility index (Phi) is 7.34. The summed E-state index contributed by atoms with van der Waals surface area (Å²) in [6.07, 6.45) is 4.94. The number of fused-ring (bicyclic) bond motifs is 1. The summed E-state index contributed by atoms with van der Waals surface area (Å²) >= 11 is 6.48. The van der Waals surface area contributed by atoms with Gasteiger partial charge in [-0.2, -0.15) is 5.10 Å². The van der Waals surface area contributed by atoms with Gasteiger partial charge in [0.2, 0.25) is 0 Å². The van der Waals surface area contributed by atoms with Crippen LogP contribution in [0.5, 0.6) is 0 Å². The molecule has 1 aromatic carbocycles. The van der Waals surface area contributed by atoms with Crippen LogP contribution in [0.4, 0.5) is 24.8 Å². The Morgan fingerprint density at radius 1 is 1.23 bits per heavy atom. The van der Waals surface area contributed by atoms with Crippen molar-refractivity contribution >= 4 is 29.1 Å². The molecule has 1 amide bonds. The van der Waals surface area contributed by atoms with Crippen LogP contribution in [-0.4, -0.2) is 55.0 Å². The van der Waals surface area contributed by atoms with Crippen molar-refractivity contribution in [2.24, 2.45) is 7.05 Å². The van der Waals surface area contributed by atoms with E-state index in [9.17, 15) is 23.1 Å². The lowest BCUT2D eigenvalue weighted by Crippen LogP contribution is -2.49. The summed E-state index contributed by atoms with van der Waals surface area (Å²) in [5.41, 5.74) is 1.17. The number of carbonyl (C=O) groups excluding carboxylic acids is 1. The number of nitrogens with zero attached hydrogens (tertiary/aromatic N) is 5. The lowest BCUT2D eigenvalue weighted by atomic mass is 10.0. The minimum atomic E-state index is -1.67. The Bertz CT molecular complexity index is 1560. The molecule has 5 rings (SSSR count). The number of hydrogen-bond acceptors (Lipinski definition) is 6. The number of anilines is 2. The van der Waals surface area contributed by atoms with Crippen LogP contribution in [-0.2, 0) is 31.5 Å². The molecule has 1 atom stereocenters. The SMILES string of the molecule is COC[C@H]1Cn2cc(-c3cc(Nc4ccnn4C)ncc3Cl)cc2C(=O)N1Cc1cc(F)c(F)c(F)c1CO. The minimum Gasteiger partial charge on any atom is -0.392 e. The molecule has 0 bridgehead atoms. The van der Waals surface area contributed by atoms with Crippen molar-refractivity contribution in [3.05, 3.63) is 82.2 Å². The van der Waals surface area contributed by atoms with Gasteiger partial charge in [0, 0.05) is 62.4 Å². The van der Waals surface area contributed by atoms with Gasteiger partial charge < -0.3 is 24.6 Å². The Morgan fingerprint density at radius 3 is 2.72 bits per heavy atom. The van der Waals surface area contributed by atoms with E-state index in [0.717, 1.165) is 11.9 Å². The number of benzene rings is 1. The van der Waals surface area contributed by atoms with Gasteiger partial charge in [-0.3, -0.25) is 9.48 Å². The van der Waals surface area contributed by atoms with Gasteiger partial charge in [-0.25, -0.2) is 18.2 Å². The molecule has 2 N–H and O–H groups in total. The Hall–Kier alpha value is -3.87. The fraction of sp³-hybridized carbons (Fsp3) is 0.269. The Balaban J connectivity index is 1.49. The van der Waals surface area contributed by atoms with Crippen molar-refractivity contribution < 1.29 is 27.8 Å². The van der Waals surface area contributed by atoms with Crippen LogP contribution in [0.25, 0.3) is 11.1 Å². The van der Waals surface area contributed by atoms with Gasteiger partial charge in [0.15, 0.2) is 17.5 Å². The van der Waals surface area contributed by atoms with Gasteiger partial charge in [0.1, 0.15) is 17.3 Å². The Labute approximate surface area is 226 Å². The number of pyridine rings is 1. The molecule has 13 heteroatoms. The van der Waals surface area contributed by atoms with Crippen LogP contribution >= 0.6 is 11.6 Å². The molecule has 0 aliphatic carbocycles. The van der Waals surface area contributed by atoms with Gasteiger partial charge in [0.25, 0.3) is 5.91 Å². The smallest absolute Gasteiger partial charge is 0.271 e. The number of methoxy groups -OCH3 is 1. The summed E-state index contributed by atoms with van der Waals surface area (Å²) in [7, 11) is 3.26. The van der Waals surface area contributed by atoms with E-state index in [1.807, 2.05) is 0 Å². The van der Waals surface area contributed by atoms with Gasteiger partial charge >= 0.3 is 0 Å². The zero-order chi connectivity index (χ0) is 27.8. The summed E-state index contributed by atoms with van der Waals surface area (Å²) < 4.78 is 50.9. The number of aryl methyl sites for hydroxylation is 1. The minimum absolute atomic E-state index is 0.0355. The largest absolute Gasteiger partial charge is 0.392 e. The van der Waals surface area contributed by atoms with Crippen molar-refractivity contribution in [2.75, 3.05) is 19.0 Å². The van der Waals surface area contributed by atoms with Crippen molar-refractivity contribution in [3.63, 3.8) is 0 Å². The van der Waals surface area contributed by atoms with Crippen molar-refractivity contribution in [1.82, 2.24) is 24.2 Å². The van der Waals surface area contributed by atoms with E-state index in [0.29, 0.717) is 34.2 Å². The zero-order valence-corrected chi connectivity index (χ0v) is 21.7. The maximum absolute atomic E-state index is 14.3. The summed E-state index contributed by atoms with van der Waals surface area (Å²) in [5.74, 6) is -3.75. The van der Waals surface area contributed by atoms with E-state index in [4.69, 9.17) is 16.3 Å². The van der Waals surface area contributed by atoms with Gasteiger partial charge in [-0.05, 0) is 23.8 Å². The monoisotopic (exact) mass is 560 g/mol. The first-order chi connectivity index (χ1) is 18.7. The molecule has 0 fully saturated rings. The predicted molar refractivity (Wildman–Crippen MR) is 137 cm³/mol. The van der Waals surface area contributed by atoms with Crippen molar-refractivity contribution in [3.8, 4) is 11.1 Å². The van der Waals surface area contributed by atoms with Crippen molar-refractivity contribution in [2.45, 2.75) is 25.7 Å². The number of amides is 1. The van der Waals surface area contributed by atoms with E-state index in [1.54, 1.807) is 46.9 Å². The molecule has 0 spiro atoms. The highest BCUT2D eigenvalue weighted by Gasteiger charge is 2.34. The first kappa shape index (κ1) is 26.7. The molecular formula is C26H24ClF3N6O3. The second-order valence-electron chi connectivity index (χ2n) is 9.11. The number of aliphatic hydroxyl groups excluding tert-OH is 1. The molecule has 1 aliphatic rings. The highest BCUT2D eigenvalue weighted by Crippen LogP contribution is 2.34. The van der Waals surface area contributed by atoms with Gasteiger partial charge in [-0.15, -0.1) is 0 Å². The predicted octanol–water partition coefficient (Wildman–Crippen LogP) is 4.26. The van der Waals surface area contributed by atoms with E-state index < -0.39 is 41.6 Å². The number of aliphatic hydroxyl groups is 1. The second-order valence-corrected chi connectivity index (χ2v) is 9.51. The van der Waals surface area contributed by atoms with E-state index in [1.165, 1.54) is 18.2 Å². The van der Waals surface area contributed by atoms with Crippen LogP contribution in [0, 0.1) is 17.5 Å². The van der Waals surface area contributed by atoms with Crippen LogP contribution in [0.3, 0.4) is 0 Å². The second kappa shape index (κ2) is 10.7. The lowest BCUT2D eigenvalue weighted by molar-refractivity contribution is 0.0385. The summed E-state index contributed by atoms with van der Waals surface area (Å²) in [5, 5.41) is 17.3. The average molecular weight is 561 g/mol. The molecule has 39 heavy (non-hydrogen) atoms. The molecule has 0 saturated carbocycles. The number of rotatable bonds is 8. The molecular weight excluding hydrogens is 537 g/mol. The molecule has 3 aromatic heterocycles. The summed E-state index contributed by atoms with van der Waals surface area (Å²) in [6, 6.07) is 5.51. The maximum atomic E-state index is 14.3. The van der Waals surface area contributed by atoms with Crippen molar-refractivity contribution in [1.29, 1.82) is 0 Å². The normalized spacial score (nSPS) is 15.1. The fourth-order valence-electron chi connectivity index (χ4n) is 4.70. The van der Waals surface area contributed by atoms with Crippen LogP contribution < -0.4 is 5.32 Å². The average Bonchev–Trinajstić information content (AvgIpc) is 3.52. The topological polar surface area (TPSA) is 97.4 Å². The Morgan fingerprint density at radius 2 is 2.03 bits per heavy atom. The van der Waals surface area contributed by atoms with Crippen LogP contribution in [0.15, 0.2) is 42.9 Å². The molecule has 0 radical (unpaired) electrons. The highest BCUT2D eigenvalue weighted by atomic mass is 35.5. The summed E-state index contributed by atoms with van der Waals surface area (Å²) in [4.78, 5) is 19.4. The molecule has 4 aromatic rings. The number of aromatic nitrogens is 4. The fourth-order valence-corrected chi connectivity index (χ4v) is 4.91. The number of carbonyl (C=O) groups is 1. The number of halogens is 4. The third kappa shape index (κ3) is 4.98. The molecule has 1 aliphatic heterocycles. The third-order valence-corrected chi connectivity index (χ3v) is 6.98. The van der Waals surface area contributed by atoms with E-state index >= 15 is 0 Å². The van der Waals surface area contributed by atoms with Gasteiger partial charge in [0.05, 0.1) is 30.5 Å². The maximum Gasteiger partial charge on any atom is 0.271 e. The first-order valence-corrected chi connectivity index (χ1v) is 12.3. The number of hydrogen-bond donors (Lipinski definition) is 2. The molecule has 0 saturated heterocycles. The first-order valence-electron chi connectivity index (χ1n) is 11.9. The quantitative estimate of drug-likeness (QED) is 0.313. The lowest BCUT2D eigenvalue weighted by Gasteiger charge is -2.36. The van der Waals surface area contributed by atoms with E-state index in [2.05, 4.69) is 15.4 Å². The van der Waals surface area contributed by atoms with Crippen LogP contribution in [0.2, 0.25) is 5.02 Å². The van der Waals surface area contributed by atoms with Gasteiger partial charge in [-0.1, -0.05) is 11.6 Å². The molecule has 9 nitrogen and oxygen atoms in total. The zero-order valence-electron chi connectivity index (χ0n) is 21.0. The van der Waals surface area contributed by atoms with E-state index in [-0.39, 0.29) is 18.7 Å². The number of nitrogens with one attached hydrogen (secondary N) is 1. The third-order valence-electron chi connectivity index (χ3n) is 6.68. The number of ether oxygens (including phenoxy) is 1. The molecule has 4 heterocycles. The highest BCUT2D eigenvalue weighted by molar-refractivity contribution is 6.33. The van der Waals surface area contributed by atoms with Crippen LogP contribution in [0.1, 0.15) is 21.6 Å². The molecule has 204 valence electrons. The standard InChI is InChI=1S/C26H24ClF3N6O3/c1-34-23(3-4-32-34)33-22-7-17(19(27)8-31-22)15-6-21-26(38)36(16(13-39-2)11-35(21)9-15)10-14-5-20(28)25(30)24(29)18(14)12-37/h3-9,16,37H,10-13H2,1-2H3,(H,31,33)/t16-/m1/s1.